The van der Waals surface area contributed by atoms with E-state index in [1.165, 1.54) is 5.56 Å². The summed E-state index contributed by atoms with van der Waals surface area (Å²) in [5.41, 5.74) is 4.19. The number of nitriles is 1. The van der Waals surface area contributed by atoms with Gasteiger partial charge in [-0.2, -0.15) is 10.4 Å². The van der Waals surface area contributed by atoms with Crippen LogP contribution in [0.25, 0.3) is 16.9 Å². The molecule has 1 amide bonds. The summed E-state index contributed by atoms with van der Waals surface area (Å²) >= 11 is 0. The normalized spacial score (nSPS) is 24.7. The summed E-state index contributed by atoms with van der Waals surface area (Å²) in [6, 6.07) is 8.12. The zero-order valence-corrected chi connectivity index (χ0v) is 20.4. The third-order valence-electron chi connectivity index (χ3n) is 8.10. The van der Waals surface area contributed by atoms with Crippen molar-refractivity contribution in [1.29, 1.82) is 5.26 Å². The van der Waals surface area contributed by atoms with E-state index in [9.17, 15) is 10.1 Å². The Labute approximate surface area is 205 Å². The molecule has 3 aromatic heterocycles. The second-order valence-electron chi connectivity index (χ2n) is 10.7. The number of rotatable bonds is 4. The second kappa shape index (κ2) is 8.33. The molecule has 0 N–H and O–H groups in total. The smallest absolute Gasteiger partial charge is 0.228 e. The van der Waals surface area contributed by atoms with Gasteiger partial charge >= 0.3 is 0 Å². The molecule has 8 heteroatoms. The van der Waals surface area contributed by atoms with Gasteiger partial charge in [0.25, 0.3) is 0 Å². The number of fused-ring (bicyclic) bond motifs is 1. The largest absolute Gasteiger partial charge is 0.352 e. The molecular formula is C27H31N7O. The van der Waals surface area contributed by atoms with Crippen LogP contribution in [0, 0.1) is 16.7 Å². The van der Waals surface area contributed by atoms with E-state index < -0.39 is 0 Å². The van der Waals surface area contributed by atoms with Gasteiger partial charge in [-0.25, -0.2) is 9.50 Å². The first-order valence-corrected chi connectivity index (χ1v) is 12.8. The molecule has 1 saturated carbocycles. The Morgan fingerprint density at radius 2 is 1.97 bits per heavy atom. The van der Waals surface area contributed by atoms with Gasteiger partial charge in [0.1, 0.15) is 11.8 Å². The molecule has 8 nitrogen and oxygen atoms in total. The van der Waals surface area contributed by atoms with Crippen molar-refractivity contribution in [2.75, 3.05) is 24.5 Å². The lowest BCUT2D eigenvalue weighted by Gasteiger charge is -2.44. The molecule has 6 rings (SSSR count). The standard InChI is InChI=1S/C27H31N7O/c1-18-15-27(2,26(35)32-10-3-4-11-32)8-12-33(18)25-24-21(20-5-6-20)14-23(34(24)31-17-30-25)22-13-19(16-28)7-9-29-22/h7,9,13-14,17-18,20H,3-6,8,10-12,15H2,1-2H3/t18-,27-/m0/s1. The number of hydrogen-bond acceptors (Lipinski definition) is 6. The van der Waals surface area contributed by atoms with Crippen LogP contribution in [0.15, 0.2) is 30.7 Å². The average molecular weight is 470 g/mol. The van der Waals surface area contributed by atoms with E-state index >= 15 is 0 Å². The number of carbonyl (C=O) groups is 1. The van der Waals surface area contributed by atoms with Gasteiger partial charge in [0.15, 0.2) is 5.82 Å². The minimum atomic E-state index is -0.322. The van der Waals surface area contributed by atoms with Crippen molar-refractivity contribution in [3.8, 4) is 17.5 Å². The Morgan fingerprint density at radius 1 is 1.17 bits per heavy atom. The van der Waals surface area contributed by atoms with Crippen molar-refractivity contribution >= 4 is 17.2 Å². The summed E-state index contributed by atoms with van der Waals surface area (Å²) in [4.78, 5) is 27.1. The van der Waals surface area contributed by atoms with Crippen molar-refractivity contribution in [2.45, 2.75) is 64.3 Å². The third kappa shape index (κ3) is 3.74. The summed E-state index contributed by atoms with van der Waals surface area (Å²) in [5.74, 6) is 1.76. The maximum Gasteiger partial charge on any atom is 0.228 e. The van der Waals surface area contributed by atoms with E-state index in [1.54, 1.807) is 18.6 Å². The summed E-state index contributed by atoms with van der Waals surface area (Å²) in [7, 11) is 0. The zero-order valence-electron chi connectivity index (χ0n) is 20.4. The van der Waals surface area contributed by atoms with Gasteiger partial charge in [-0.3, -0.25) is 9.78 Å². The van der Waals surface area contributed by atoms with Crippen LogP contribution in [0.2, 0.25) is 0 Å². The lowest BCUT2D eigenvalue weighted by Crippen LogP contribution is -2.52. The van der Waals surface area contributed by atoms with Crippen LogP contribution >= 0.6 is 0 Å². The maximum atomic E-state index is 13.3. The molecule has 0 spiro atoms. The van der Waals surface area contributed by atoms with Crippen LogP contribution in [0.3, 0.4) is 0 Å². The number of nitrogens with zero attached hydrogens (tertiary/aromatic N) is 7. The molecule has 180 valence electrons. The summed E-state index contributed by atoms with van der Waals surface area (Å²) in [5, 5.41) is 14.0. The highest BCUT2D eigenvalue weighted by Gasteiger charge is 2.44. The van der Waals surface area contributed by atoms with Gasteiger partial charge < -0.3 is 9.80 Å². The lowest BCUT2D eigenvalue weighted by atomic mass is 9.76. The fourth-order valence-electron chi connectivity index (χ4n) is 6.06. The first-order chi connectivity index (χ1) is 17.0. The van der Waals surface area contributed by atoms with Crippen molar-refractivity contribution in [1.82, 2.24) is 24.5 Å². The Hall–Kier alpha value is -3.47. The molecule has 1 aliphatic carbocycles. The third-order valence-corrected chi connectivity index (χ3v) is 8.10. The molecule has 2 atom stereocenters. The van der Waals surface area contributed by atoms with E-state index in [4.69, 9.17) is 4.98 Å². The molecule has 0 unspecified atom stereocenters. The number of likely N-dealkylation sites (tertiary alicyclic amines) is 1. The molecule has 0 bridgehead atoms. The zero-order chi connectivity index (χ0) is 24.2. The van der Waals surface area contributed by atoms with E-state index in [1.807, 2.05) is 10.6 Å². The Balaban J connectivity index is 1.38. The predicted octanol–water partition coefficient (Wildman–Crippen LogP) is 4.16. The molecule has 0 radical (unpaired) electrons. The highest BCUT2D eigenvalue weighted by Crippen LogP contribution is 2.47. The molecular weight excluding hydrogens is 438 g/mol. The van der Waals surface area contributed by atoms with Crippen LogP contribution in [-0.2, 0) is 4.79 Å². The monoisotopic (exact) mass is 469 g/mol. The van der Waals surface area contributed by atoms with E-state index in [2.05, 4.69) is 45.9 Å². The molecule has 2 saturated heterocycles. The highest BCUT2D eigenvalue weighted by molar-refractivity contribution is 5.84. The minimum Gasteiger partial charge on any atom is -0.352 e. The van der Waals surface area contributed by atoms with E-state index in [0.717, 1.165) is 80.9 Å². The summed E-state index contributed by atoms with van der Waals surface area (Å²) < 4.78 is 1.95. The maximum absolute atomic E-state index is 13.3. The first kappa shape index (κ1) is 22.0. The SMILES string of the molecule is C[C@H]1C[C@@](C)(C(=O)N2CCCC2)CCN1c1ncnn2c(-c3cc(C#N)ccn3)cc(C3CC3)c12. The van der Waals surface area contributed by atoms with Crippen LogP contribution in [0.5, 0.6) is 0 Å². The second-order valence-corrected chi connectivity index (χ2v) is 10.7. The molecule has 3 aliphatic rings. The average Bonchev–Trinajstić information content (AvgIpc) is 3.42. The van der Waals surface area contributed by atoms with Crippen molar-refractivity contribution in [2.24, 2.45) is 5.41 Å². The van der Waals surface area contributed by atoms with Crippen LogP contribution in [-0.4, -0.2) is 56.1 Å². The number of pyridine rings is 1. The van der Waals surface area contributed by atoms with Gasteiger partial charge in [-0.05, 0) is 75.1 Å². The van der Waals surface area contributed by atoms with Gasteiger partial charge in [0.2, 0.25) is 5.91 Å². The number of hydrogen-bond donors (Lipinski definition) is 0. The van der Waals surface area contributed by atoms with Gasteiger partial charge in [-0.15, -0.1) is 0 Å². The molecule has 35 heavy (non-hydrogen) atoms. The highest BCUT2D eigenvalue weighted by atomic mass is 16.2. The summed E-state index contributed by atoms with van der Waals surface area (Å²) in [6.45, 7) is 6.95. The number of anilines is 1. The Morgan fingerprint density at radius 3 is 2.69 bits per heavy atom. The van der Waals surface area contributed by atoms with Crippen molar-refractivity contribution < 1.29 is 4.79 Å². The van der Waals surface area contributed by atoms with Gasteiger partial charge in [-0.1, -0.05) is 6.92 Å². The van der Waals surface area contributed by atoms with Crippen LogP contribution in [0.1, 0.15) is 69.4 Å². The first-order valence-electron chi connectivity index (χ1n) is 12.8. The quantitative estimate of drug-likeness (QED) is 0.570. The number of amides is 1. The van der Waals surface area contributed by atoms with Crippen molar-refractivity contribution in [3.63, 3.8) is 0 Å². The number of piperidine rings is 1. The van der Waals surface area contributed by atoms with Gasteiger partial charge in [0, 0.05) is 31.9 Å². The predicted molar refractivity (Wildman–Crippen MR) is 133 cm³/mol. The molecule has 2 aliphatic heterocycles. The Bertz CT molecular complexity index is 1330. The lowest BCUT2D eigenvalue weighted by molar-refractivity contribution is -0.141. The molecule has 5 heterocycles. The fourth-order valence-corrected chi connectivity index (χ4v) is 6.06. The Kier molecular flexibility index (Phi) is 5.24. The fraction of sp³-hybridized carbons (Fsp3) is 0.519. The van der Waals surface area contributed by atoms with E-state index in [-0.39, 0.29) is 11.5 Å². The van der Waals surface area contributed by atoms with E-state index in [0.29, 0.717) is 17.4 Å². The van der Waals surface area contributed by atoms with Crippen LogP contribution < -0.4 is 4.90 Å². The van der Waals surface area contributed by atoms with Crippen molar-refractivity contribution in [3.05, 3.63) is 41.9 Å². The molecule has 0 aromatic carbocycles. The number of carbonyl (C=O) groups excluding carboxylic acids is 1. The van der Waals surface area contributed by atoms with Gasteiger partial charge in [0.05, 0.1) is 28.4 Å². The topological polar surface area (TPSA) is 90.4 Å². The molecule has 3 aromatic rings. The molecule has 3 fully saturated rings. The van der Waals surface area contributed by atoms with Crippen LogP contribution in [0.4, 0.5) is 5.82 Å². The minimum absolute atomic E-state index is 0.185. The number of aromatic nitrogens is 4. The summed E-state index contributed by atoms with van der Waals surface area (Å²) in [6.07, 6.45) is 9.50.